The summed E-state index contributed by atoms with van der Waals surface area (Å²) < 4.78 is 5.27. The summed E-state index contributed by atoms with van der Waals surface area (Å²) in [4.78, 5) is 2.33. The van der Waals surface area contributed by atoms with Crippen molar-refractivity contribution in [1.29, 1.82) is 0 Å². The highest BCUT2D eigenvalue weighted by molar-refractivity contribution is 7.99. The molecule has 4 heteroatoms. The number of benzene rings is 2. The largest absolute Gasteiger partial charge is 0.497 e. The van der Waals surface area contributed by atoms with E-state index in [9.17, 15) is 0 Å². The summed E-state index contributed by atoms with van der Waals surface area (Å²) >= 11 is 7.83. The number of nitrogens with two attached hydrogens (primary N) is 1. The van der Waals surface area contributed by atoms with E-state index in [1.165, 1.54) is 10.5 Å². The van der Waals surface area contributed by atoms with Crippen LogP contribution in [0.25, 0.3) is 0 Å². The number of methoxy groups -OCH3 is 1. The summed E-state index contributed by atoms with van der Waals surface area (Å²) in [5.74, 6) is 0.862. The van der Waals surface area contributed by atoms with Crippen LogP contribution in [0.4, 0.5) is 0 Å². The lowest BCUT2D eigenvalue weighted by Crippen LogP contribution is -2.21. The van der Waals surface area contributed by atoms with Crippen molar-refractivity contribution in [3.63, 3.8) is 0 Å². The van der Waals surface area contributed by atoms with Gasteiger partial charge in [-0.25, -0.2) is 0 Å². The molecule has 0 bridgehead atoms. The van der Waals surface area contributed by atoms with Crippen molar-refractivity contribution in [2.75, 3.05) is 7.11 Å². The molecule has 2 rings (SSSR count). The molecule has 0 amide bonds. The Morgan fingerprint density at radius 1 is 1.24 bits per heavy atom. The van der Waals surface area contributed by atoms with E-state index in [-0.39, 0.29) is 6.04 Å². The Morgan fingerprint density at radius 3 is 2.76 bits per heavy atom. The van der Waals surface area contributed by atoms with E-state index in [2.05, 4.69) is 19.1 Å². The molecule has 0 aliphatic carbocycles. The van der Waals surface area contributed by atoms with Gasteiger partial charge in [0.25, 0.3) is 0 Å². The molecule has 0 fully saturated rings. The molecule has 0 heterocycles. The van der Waals surface area contributed by atoms with E-state index in [1.54, 1.807) is 18.9 Å². The minimum absolute atomic E-state index is 0.160. The maximum absolute atomic E-state index is 6.12. The second-order valence-electron chi connectivity index (χ2n) is 4.91. The van der Waals surface area contributed by atoms with Gasteiger partial charge in [0.1, 0.15) is 5.75 Å². The SMILES string of the molecule is CCC(N)Cc1cc(Cl)ccc1Sc1cccc(OC)c1. The molecule has 0 radical (unpaired) electrons. The molecule has 2 nitrogen and oxygen atoms in total. The fourth-order valence-corrected chi connectivity index (χ4v) is 3.21. The summed E-state index contributed by atoms with van der Waals surface area (Å²) in [5, 5.41) is 0.753. The lowest BCUT2D eigenvalue weighted by Gasteiger charge is -2.14. The van der Waals surface area contributed by atoms with Crippen LogP contribution in [-0.4, -0.2) is 13.2 Å². The van der Waals surface area contributed by atoms with Gasteiger partial charge >= 0.3 is 0 Å². The van der Waals surface area contributed by atoms with Crippen LogP contribution in [0.1, 0.15) is 18.9 Å². The third-order valence-electron chi connectivity index (χ3n) is 3.30. The van der Waals surface area contributed by atoms with Gasteiger partial charge < -0.3 is 10.5 Å². The van der Waals surface area contributed by atoms with Crippen molar-refractivity contribution in [3.05, 3.63) is 53.1 Å². The van der Waals surface area contributed by atoms with Gasteiger partial charge in [-0.2, -0.15) is 0 Å². The highest BCUT2D eigenvalue weighted by Gasteiger charge is 2.09. The average Bonchev–Trinajstić information content (AvgIpc) is 2.50. The lowest BCUT2D eigenvalue weighted by atomic mass is 10.0. The van der Waals surface area contributed by atoms with Crippen molar-refractivity contribution in [1.82, 2.24) is 0 Å². The average molecular weight is 322 g/mol. The second kappa shape index (κ2) is 7.74. The fraction of sp³-hybridized carbons (Fsp3) is 0.294. The van der Waals surface area contributed by atoms with E-state index in [4.69, 9.17) is 22.1 Å². The Morgan fingerprint density at radius 2 is 2.05 bits per heavy atom. The molecule has 0 spiro atoms. The maximum atomic E-state index is 6.12. The van der Waals surface area contributed by atoms with Crippen LogP contribution in [0.3, 0.4) is 0 Å². The van der Waals surface area contributed by atoms with E-state index in [1.807, 2.05) is 30.3 Å². The highest BCUT2D eigenvalue weighted by Crippen LogP contribution is 2.34. The molecule has 1 atom stereocenters. The van der Waals surface area contributed by atoms with Crippen LogP contribution in [0.2, 0.25) is 5.02 Å². The lowest BCUT2D eigenvalue weighted by molar-refractivity contribution is 0.413. The van der Waals surface area contributed by atoms with Gasteiger partial charge in [0.05, 0.1) is 7.11 Å². The van der Waals surface area contributed by atoms with E-state index in [0.29, 0.717) is 0 Å². The van der Waals surface area contributed by atoms with E-state index in [0.717, 1.165) is 28.5 Å². The predicted octanol–water partition coefficient (Wildman–Crippen LogP) is 4.78. The minimum atomic E-state index is 0.160. The molecule has 0 aliphatic rings. The molecule has 2 aromatic rings. The van der Waals surface area contributed by atoms with Gasteiger partial charge in [0, 0.05) is 20.9 Å². The van der Waals surface area contributed by atoms with Gasteiger partial charge in [-0.1, -0.05) is 36.4 Å². The van der Waals surface area contributed by atoms with Crippen LogP contribution in [-0.2, 0) is 6.42 Å². The van der Waals surface area contributed by atoms with Crippen molar-refractivity contribution >= 4 is 23.4 Å². The maximum Gasteiger partial charge on any atom is 0.119 e. The Hall–Kier alpha value is -1.16. The van der Waals surface area contributed by atoms with Crippen LogP contribution in [0, 0.1) is 0 Å². The molecule has 0 aliphatic heterocycles. The van der Waals surface area contributed by atoms with Gasteiger partial charge in [0.2, 0.25) is 0 Å². The molecule has 0 aromatic heterocycles. The molecule has 112 valence electrons. The quantitative estimate of drug-likeness (QED) is 0.831. The molecular weight excluding hydrogens is 302 g/mol. The standard InChI is InChI=1S/C17H20ClNOS/c1-3-14(19)10-12-9-13(18)7-8-17(12)21-16-6-4-5-15(11-16)20-2/h4-9,11,14H,3,10,19H2,1-2H3. The fourth-order valence-electron chi connectivity index (χ4n) is 2.03. The van der Waals surface area contributed by atoms with E-state index < -0.39 is 0 Å². The molecule has 21 heavy (non-hydrogen) atoms. The zero-order valence-corrected chi connectivity index (χ0v) is 13.9. The first-order chi connectivity index (χ1) is 10.1. The Balaban J connectivity index is 2.25. The minimum Gasteiger partial charge on any atom is -0.497 e. The highest BCUT2D eigenvalue weighted by atomic mass is 35.5. The molecule has 0 saturated heterocycles. The monoisotopic (exact) mass is 321 g/mol. The second-order valence-corrected chi connectivity index (χ2v) is 6.46. The van der Waals surface area contributed by atoms with Crippen molar-refractivity contribution in [3.8, 4) is 5.75 Å². The van der Waals surface area contributed by atoms with Gasteiger partial charge in [-0.3, -0.25) is 0 Å². The smallest absolute Gasteiger partial charge is 0.119 e. The van der Waals surface area contributed by atoms with Gasteiger partial charge in [-0.05, 0) is 54.8 Å². The number of hydrogen-bond donors (Lipinski definition) is 1. The topological polar surface area (TPSA) is 35.2 Å². The summed E-state index contributed by atoms with van der Waals surface area (Å²) in [7, 11) is 1.68. The normalized spacial score (nSPS) is 12.2. The first-order valence-corrected chi connectivity index (χ1v) is 8.17. The summed E-state index contributed by atoms with van der Waals surface area (Å²) in [5.41, 5.74) is 7.29. The van der Waals surface area contributed by atoms with Crippen LogP contribution >= 0.6 is 23.4 Å². The zero-order valence-electron chi connectivity index (χ0n) is 12.3. The van der Waals surface area contributed by atoms with Crippen LogP contribution < -0.4 is 10.5 Å². The Kier molecular flexibility index (Phi) is 5.97. The number of rotatable bonds is 6. The summed E-state index contributed by atoms with van der Waals surface area (Å²) in [6.07, 6.45) is 1.79. The first kappa shape index (κ1) is 16.2. The number of hydrogen-bond acceptors (Lipinski definition) is 3. The van der Waals surface area contributed by atoms with Gasteiger partial charge in [0.15, 0.2) is 0 Å². The third kappa shape index (κ3) is 4.67. The molecule has 0 saturated carbocycles. The molecule has 2 N–H and O–H groups in total. The van der Waals surface area contributed by atoms with Crippen molar-refractivity contribution < 1.29 is 4.74 Å². The first-order valence-electron chi connectivity index (χ1n) is 6.98. The van der Waals surface area contributed by atoms with E-state index >= 15 is 0 Å². The summed E-state index contributed by atoms with van der Waals surface area (Å²) in [6, 6.07) is 14.2. The number of ether oxygens (including phenoxy) is 1. The molecule has 1 unspecified atom stereocenters. The van der Waals surface area contributed by atoms with Crippen LogP contribution in [0.15, 0.2) is 52.3 Å². The third-order valence-corrected chi connectivity index (χ3v) is 4.64. The Bertz CT molecular complexity index is 603. The summed E-state index contributed by atoms with van der Waals surface area (Å²) in [6.45, 7) is 2.10. The molecular formula is C17H20ClNOS. The Labute approximate surface area is 135 Å². The number of halogens is 1. The van der Waals surface area contributed by atoms with Crippen LogP contribution in [0.5, 0.6) is 5.75 Å². The molecule has 2 aromatic carbocycles. The van der Waals surface area contributed by atoms with Crippen molar-refractivity contribution in [2.24, 2.45) is 5.73 Å². The van der Waals surface area contributed by atoms with Gasteiger partial charge in [-0.15, -0.1) is 0 Å². The van der Waals surface area contributed by atoms with Crippen molar-refractivity contribution in [2.45, 2.75) is 35.6 Å². The predicted molar refractivity (Wildman–Crippen MR) is 90.5 cm³/mol. The zero-order chi connectivity index (χ0) is 15.2.